The van der Waals surface area contributed by atoms with Gasteiger partial charge in [0.2, 0.25) is 0 Å². The summed E-state index contributed by atoms with van der Waals surface area (Å²) in [6.07, 6.45) is 3.72. The van der Waals surface area contributed by atoms with Crippen LogP contribution in [0.4, 0.5) is 0 Å². The van der Waals surface area contributed by atoms with Gasteiger partial charge < -0.3 is 30.6 Å². The van der Waals surface area contributed by atoms with Crippen LogP contribution in [0.3, 0.4) is 0 Å². The topological polar surface area (TPSA) is 185 Å². The number of rotatable bonds is 8. The Kier molecular flexibility index (Phi) is 8.73. The zero-order valence-electron chi connectivity index (χ0n) is 24.4. The van der Waals surface area contributed by atoms with Gasteiger partial charge in [0.05, 0.1) is 42.7 Å². The van der Waals surface area contributed by atoms with E-state index in [9.17, 15) is 39.1 Å². The number of hydrogen-bond acceptors (Lipinski definition) is 9. The fraction of sp³-hybridized carbons (Fsp3) is 0.931. The summed E-state index contributed by atoms with van der Waals surface area (Å²) in [6, 6.07) is 0. The maximum atomic E-state index is 11.7. The molecule has 0 spiro atoms. The third-order valence-corrected chi connectivity index (χ3v) is 12.6. The Morgan fingerprint density at radius 1 is 1.12 bits per heavy atom. The molecule has 0 aromatic rings. The monoisotopic (exact) mass is 590 g/mol. The molecule has 4 rings (SSSR count). The summed E-state index contributed by atoms with van der Waals surface area (Å²) >= 11 is 0. The van der Waals surface area contributed by atoms with Crippen LogP contribution >= 0.6 is 0 Å². The molecule has 7 N–H and O–H groups in total. The predicted octanol–water partition coefficient (Wildman–Crippen LogP) is 1.82. The van der Waals surface area contributed by atoms with Crippen LogP contribution in [0, 0.1) is 46.3 Å². The van der Waals surface area contributed by atoms with Crippen molar-refractivity contribution in [2.75, 3.05) is 13.2 Å². The summed E-state index contributed by atoms with van der Waals surface area (Å²) in [6.45, 7) is 8.30. The Bertz CT molecular complexity index is 1080. The van der Waals surface area contributed by atoms with Crippen LogP contribution in [0.2, 0.25) is 0 Å². The fourth-order valence-electron chi connectivity index (χ4n) is 9.70. The molecule has 4 saturated carbocycles. The lowest BCUT2D eigenvalue weighted by molar-refractivity contribution is -0.268. The Balaban J connectivity index is 1.58. The smallest absolute Gasteiger partial charge is 0.393 e. The van der Waals surface area contributed by atoms with Crippen molar-refractivity contribution in [3.8, 4) is 0 Å². The second-order valence-corrected chi connectivity index (χ2v) is 15.4. The van der Waals surface area contributed by atoms with Gasteiger partial charge >= 0.3 is 10.4 Å². The average molecular weight is 591 g/mol. The molecule has 0 saturated heterocycles. The summed E-state index contributed by atoms with van der Waals surface area (Å²) < 4.78 is 35.4. The lowest BCUT2D eigenvalue weighted by Crippen LogP contribution is -2.69. The molecule has 232 valence electrons. The molecule has 4 aliphatic rings. The molecular formula is C29H50O10S. The normalized spacial score (nSPS) is 47.0. The van der Waals surface area contributed by atoms with Crippen molar-refractivity contribution in [1.82, 2.24) is 0 Å². The van der Waals surface area contributed by atoms with Gasteiger partial charge in [0.25, 0.3) is 0 Å². The molecular weight excluding hydrogens is 540 g/mol. The van der Waals surface area contributed by atoms with Crippen LogP contribution in [0.5, 0.6) is 0 Å². The molecule has 0 aromatic carbocycles. The molecule has 0 radical (unpaired) electrons. The van der Waals surface area contributed by atoms with E-state index < -0.39 is 57.9 Å². The first-order chi connectivity index (χ1) is 18.3. The third kappa shape index (κ3) is 5.32. The van der Waals surface area contributed by atoms with Crippen molar-refractivity contribution in [3.63, 3.8) is 0 Å². The van der Waals surface area contributed by atoms with Gasteiger partial charge in [0.1, 0.15) is 0 Å². The number of aliphatic hydroxyl groups excluding tert-OH is 4. The third-order valence-electron chi connectivity index (χ3n) is 12.2. The minimum atomic E-state index is -4.73. The first-order valence-corrected chi connectivity index (χ1v) is 16.1. The lowest BCUT2D eigenvalue weighted by Gasteiger charge is -2.65. The lowest BCUT2D eigenvalue weighted by atomic mass is 9.42. The van der Waals surface area contributed by atoms with Crippen LogP contribution in [0.25, 0.3) is 0 Å². The summed E-state index contributed by atoms with van der Waals surface area (Å²) in [7, 11) is -4.73. The molecule has 0 aliphatic heterocycles. The zero-order valence-corrected chi connectivity index (χ0v) is 25.2. The van der Waals surface area contributed by atoms with Gasteiger partial charge in [-0.15, -0.1) is 0 Å². The number of hydrogen-bond donors (Lipinski definition) is 7. The molecule has 4 fully saturated rings. The molecule has 0 heterocycles. The zero-order chi connectivity index (χ0) is 30.1. The number of allylic oxidation sites excluding steroid dienone is 1. The molecule has 0 aromatic heterocycles. The van der Waals surface area contributed by atoms with E-state index in [0.29, 0.717) is 31.3 Å². The Morgan fingerprint density at radius 2 is 1.77 bits per heavy atom. The van der Waals surface area contributed by atoms with Crippen molar-refractivity contribution >= 4 is 10.4 Å². The van der Waals surface area contributed by atoms with Gasteiger partial charge in [-0.1, -0.05) is 33.8 Å². The van der Waals surface area contributed by atoms with Gasteiger partial charge in [-0.3, -0.25) is 4.55 Å². The quantitative estimate of drug-likeness (QED) is 0.162. The highest BCUT2D eigenvalue weighted by molar-refractivity contribution is 7.80. The molecule has 10 nitrogen and oxygen atoms in total. The highest BCUT2D eigenvalue weighted by Crippen LogP contribution is 2.69. The summed E-state index contributed by atoms with van der Waals surface area (Å²) in [4.78, 5) is 0. The van der Waals surface area contributed by atoms with Gasteiger partial charge in [-0.2, -0.15) is 8.42 Å². The van der Waals surface area contributed by atoms with Crippen LogP contribution in [-0.2, 0) is 14.6 Å². The van der Waals surface area contributed by atoms with Gasteiger partial charge in [0, 0.05) is 17.8 Å². The van der Waals surface area contributed by atoms with E-state index in [-0.39, 0.29) is 48.0 Å². The van der Waals surface area contributed by atoms with Crippen molar-refractivity contribution in [2.24, 2.45) is 46.3 Å². The predicted molar refractivity (Wildman–Crippen MR) is 147 cm³/mol. The van der Waals surface area contributed by atoms with Crippen LogP contribution in [0.1, 0.15) is 79.6 Å². The fourth-order valence-corrected chi connectivity index (χ4v) is 10.1. The first kappa shape index (κ1) is 32.3. The molecule has 11 heteroatoms. The molecule has 0 amide bonds. The summed E-state index contributed by atoms with van der Waals surface area (Å²) in [5, 5.41) is 65.8. The second-order valence-electron chi connectivity index (χ2n) is 14.3. The maximum Gasteiger partial charge on any atom is 0.397 e. The minimum Gasteiger partial charge on any atom is -0.393 e. The van der Waals surface area contributed by atoms with Crippen LogP contribution in [0.15, 0.2) is 11.6 Å². The van der Waals surface area contributed by atoms with E-state index in [2.05, 4.69) is 18.0 Å². The van der Waals surface area contributed by atoms with Gasteiger partial charge in [0.15, 0.2) is 0 Å². The molecule has 13 atom stereocenters. The number of aliphatic hydroxyl groups is 6. The Hall–Kier alpha value is -0.630. The van der Waals surface area contributed by atoms with E-state index >= 15 is 0 Å². The minimum absolute atomic E-state index is 0.0278. The molecule has 0 bridgehead atoms. The van der Waals surface area contributed by atoms with Crippen LogP contribution in [-0.4, -0.2) is 86.3 Å². The van der Waals surface area contributed by atoms with E-state index in [1.807, 2.05) is 13.0 Å². The Labute approximate surface area is 238 Å². The molecule has 40 heavy (non-hydrogen) atoms. The second kappa shape index (κ2) is 10.8. The first-order valence-electron chi connectivity index (χ1n) is 14.7. The SMILES string of the molecule is C[C@H](/C=C(\CO)[C@H](C)C(C)(O)COS(=O)(=O)O)[C@H]1CC(O)[C@H]2[C@@H]3CC(O)C4(O)CC(O)CC[C@]4(C)[C@H]3CC[C@]12C. The van der Waals surface area contributed by atoms with E-state index in [1.54, 1.807) is 6.92 Å². The van der Waals surface area contributed by atoms with Crippen LogP contribution < -0.4 is 0 Å². The van der Waals surface area contributed by atoms with Crippen molar-refractivity contribution < 1.29 is 47.8 Å². The van der Waals surface area contributed by atoms with Crippen molar-refractivity contribution in [2.45, 2.75) is 109 Å². The molecule has 4 aliphatic carbocycles. The van der Waals surface area contributed by atoms with Gasteiger partial charge in [-0.05, 0) is 86.0 Å². The highest BCUT2D eigenvalue weighted by Gasteiger charge is 2.68. The van der Waals surface area contributed by atoms with E-state index in [0.717, 1.165) is 12.8 Å². The number of fused-ring (bicyclic) bond motifs is 5. The summed E-state index contributed by atoms with van der Waals surface area (Å²) in [5.41, 5.74) is -3.31. The summed E-state index contributed by atoms with van der Waals surface area (Å²) in [5.74, 6) is -0.636. The van der Waals surface area contributed by atoms with E-state index in [4.69, 9.17) is 4.55 Å². The molecule has 5 unspecified atom stereocenters. The Morgan fingerprint density at radius 3 is 2.38 bits per heavy atom. The van der Waals surface area contributed by atoms with Crippen molar-refractivity contribution in [3.05, 3.63) is 11.6 Å². The largest absolute Gasteiger partial charge is 0.397 e. The average Bonchev–Trinajstić information content (AvgIpc) is 3.13. The highest BCUT2D eigenvalue weighted by atomic mass is 32.3. The standard InChI is InChI=1S/C29H50O10S/c1-16(10-18(14-30)17(2)28(5,34)15-39-40(36,37)38)22-12-23(32)25-20-11-24(33)29(35)13-19(31)6-9-27(29,4)21(20)7-8-26(22,25)3/h10,16-17,19-25,30-35H,6-9,11-15H2,1-5H3,(H,36,37,38)/b18-10+/t16-,17+,19?,20-,21+,22-,23?,24?,25-,26-,27-,28?,29?/m1/s1. The van der Waals surface area contributed by atoms with Gasteiger partial charge in [-0.25, -0.2) is 4.18 Å². The maximum absolute atomic E-state index is 11.7. The van der Waals surface area contributed by atoms with Crippen molar-refractivity contribution in [1.29, 1.82) is 0 Å². The van der Waals surface area contributed by atoms with E-state index in [1.165, 1.54) is 6.92 Å².